The third kappa shape index (κ3) is 2.78. The highest BCUT2D eigenvalue weighted by atomic mass is 19.4. The summed E-state index contributed by atoms with van der Waals surface area (Å²) in [7, 11) is 0. The van der Waals surface area contributed by atoms with Crippen LogP contribution in [-0.2, 0) is 11.0 Å². The van der Waals surface area contributed by atoms with Crippen LogP contribution in [0.1, 0.15) is 23.7 Å². The van der Waals surface area contributed by atoms with E-state index in [2.05, 4.69) is 15.4 Å². The van der Waals surface area contributed by atoms with E-state index in [4.69, 9.17) is 0 Å². The summed E-state index contributed by atoms with van der Waals surface area (Å²) in [5.41, 5.74) is 0.425. The highest BCUT2D eigenvalue weighted by Crippen LogP contribution is 2.48. The highest BCUT2D eigenvalue weighted by molar-refractivity contribution is 5.93. The number of hydrogen-bond acceptors (Lipinski definition) is 3. The lowest BCUT2D eigenvalue weighted by Crippen LogP contribution is -2.16. The maximum atomic E-state index is 13.6. The molecular weight excluding hydrogens is 304 g/mol. The molecule has 0 aliphatic heterocycles. The number of carbonyl (C=O) groups excluding carboxylic acids is 1. The summed E-state index contributed by atoms with van der Waals surface area (Å²) in [5, 5.41) is 7.19. The summed E-state index contributed by atoms with van der Waals surface area (Å²) in [6.07, 6.45) is -4.23. The number of rotatable bonds is 3. The quantitative estimate of drug-likeness (QED) is 0.856. The Morgan fingerprint density at radius 1 is 1.32 bits per heavy atom. The molecule has 2 atom stereocenters. The third-order valence-corrected chi connectivity index (χ3v) is 3.42. The largest absolute Gasteiger partial charge is 0.451 e. The van der Waals surface area contributed by atoms with Crippen LogP contribution in [-0.4, -0.2) is 21.1 Å². The van der Waals surface area contributed by atoms with Gasteiger partial charge in [0.2, 0.25) is 17.7 Å². The smallest absolute Gasteiger partial charge is 0.293 e. The Morgan fingerprint density at radius 2 is 2.05 bits per heavy atom. The van der Waals surface area contributed by atoms with E-state index in [0.29, 0.717) is 12.0 Å². The number of nitrogens with zero attached hydrogens (tertiary/aromatic N) is 2. The lowest BCUT2D eigenvalue weighted by molar-refractivity contribution is -0.144. The Kier molecular flexibility index (Phi) is 3.34. The number of aromatic nitrogens is 3. The standard InChI is InChI=1S/C13H10F4N4O/c14-9-4-2-1-3-6(9)7-5-8(7)10(22)18-12-19-11(20-21-12)13(15,16)17/h1-4,7-8H,5H2,(H2,18,19,20,21,22). The Morgan fingerprint density at radius 3 is 2.68 bits per heavy atom. The van der Waals surface area contributed by atoms with Gasteiger partial charge in [-0.1, -0.05) is 18.2 Å². The van der Waals surface area contributed by atoms with Crippen LogP contribution in [0, 0.1) is 11.7 Å². The normalized spacial score (nSPS) is 20.7. The average molecular weight is 314 g/mol. The fourth-order valence-corrected chi connectivity index (χ4v) is 2.25. The molecule has 2 aromatic rings. The minimum Gasteiger partial charge on any atom is -0.293 e. The monoisotopic (exact) mass is 314 g/mol. The number of H-pyrrole nitrogens is 1. The minimum absolute atomic E-state index is 0.276. The number of benzene rings is 1. The first-order valence-electron chi connectivity index (χ1n) is 6.41. The number of anilines is 1. The van der Waals surface area contributed by atoms with Crippen molar-refractivity contribution in [2.45, 2.75) is 18.5 Å². The second-order valence-corrected chi connectivity index (χ2v) is 4.96. The molecule has 1 aliphatic carbocycles. The summed E-state index contributed by atoms with van der Waals surface area (Å²) in [6.45, 7) is 0. The molecule has 1 amide bonds. The molecule has 1 fully saturated rings. The SMILES string of the molecule is O=C(Nc1n[nH]c(C(F)(F)F)n1)C1CC1c1ccccc1F. The Balaban J connectivity index is 1.65. The first kappa shape index (κ1) is 14.5. The lowest BCUT2D eigenvalue weighted by Gasteiger charge is -2.02. The summed E-state index contributed by atoms with van der Waals surface area (Å²) in [6, 6.07) is 6.09. The van der Waals surface area contributed by atoms with Crippen molar-refractivity contribution in [3.63, 3.8) is 0 Å². The van der Waals surface area contributed by atoms with Crippen molar-refractivity contribution in [1.82, 2.24) is 15.2 Å². The number of halogens is 4. The zero-order chi connectivity index (χ0) is 15.9. The molecule has 1 saturated carbocycles. The summed E-state index contributed by atoms with van der Waals surface area (Å²) in [5.74, 6) is -3.44. The van der Waals surface area contributed by atoms with Gasteiger partial charge >= 0.3 is 6.18 Å². The summed E-state index contributed by atoms with van der Waals surface area (Å²) >= 11 is 0. The van der Waals surface area contributed by atoms with E-state index < -0.39 is 35.6 Å². The fraction of sp³-hybridized carbons (Fsp3) is 0.308. The molecule has 0 spiro atoms. The van der Waals surface area contributed by atoms with Gasteiger partial charge in [0.05, 0.1) is 0 Å². The second-order valence-electron chi connectivity index (χ2n) is 4.96. The molecule has 1 aromatic heterocycles. The Hall–Kier alpha value is -2.45. The average Bonchev–Trinajstić information content (AvgIpc) is 3.09. The lowest BCUT2D eigenvalue weighted by atomic mass is 10.1. The van der Waals surface area contributed by atoms with E-state index in [1.165, 1.54) is 6.07 Å². The van der Waals surface area contributed by atoms with Crippen LogP contribution in [0.15, 0.2) is 24.3 Å². The first-order valence-corrected chi connectivity index (χ1v) is 6.41. The maximum Gasteiger partial charge on any atom is 0.451 e. The molecule has 0 radical (unpaired) electrons. The molecule has 1 aromatic carbocycles. The molecule has 2 unspecified atom stereocenters. The van der Waals surface area contributed by atoms with Crippen molar-refractivity contribution in [2.24, 2.45) is 5.92 Å². The van der Waals surface area contributed by atoms with Crippen LogP contribution in [0.3, 0.4) is 0 Å². The minimum atomic E-state index is -4.66. The molecule has 9 heteroatoms. The fourth-order valence-electron chi connectivity index (χ4n) is 2.25. The number of nitrogens with one attached hydrogen (secondary N) is 2. The Bertz CT molecular complexity index is 712. The molecule has 5 nitrogen and oxygen atoms in total. The van der Waals surface area contributed by atoms with E-state index in [1.807, 2.05) is 0 Å². The zero-order valence-corrected chi connectivity index (χ0v) is 11.0. The van der Waals surface area contributed by atoms with Crippen molar-refractivity contribution >= 4 is 11.9 Å². The van der Waals surface area contributed by atoms with Gasteiger partial charge < -0.3 is 0 Å². The van der Waals surface area contributed by atoms with E-state index in [9.17, 15) is 22.4 Å². The number of alkyl halides is 3. The van der Waals surface area contributed by atoms with Gasteiger partial charge in [-0.05, 0) is 24.0 Å². The molecule has 3 rings (SSSR count). The van der Waals surface area contributed by atoms with Crippen LogP contribution in [0.25, 0.3) is 0 Å². The second kappa shape index (κ2) is 5.08. The van der Waals surface area contributed by atoms with Gasteiger partial charge in [0, 0.05) is 5.92 Å². The van der Waals surface area contributed by atoms with Crippen molar-refractivity contribution < 1.29 is 22.4 Å². The van der Waals surface area contributed by atoms with Crippen molar-refractivity contribution in [3.8, 4) is 0 Å². The van der Waals surface area contributed by atoms with Gasteiger partial charge in [0.15, 0.2) is 0 Å². The predicted molar refractivity (Wildman–Crippen MR) is 67.3 cm³/mol. The van der Waals surface area contributed by atoms with Crippen molar-refractivity contribution in [2.75, 3.05) is 5.32 Å². The van der Waals surface area contributed by atoms with E-state index in [-0.39, 0.29) is 5.92 Å². The topological polar surface area (TPSA) is 70.7 Å². The molecule has 2 N–H and O–H groups in total. The van der Waals surface area contributed by atoms with Crippen LogP contribution >= 0.6 is 0 Å². The van der Waals surface area contributed by atoms with Gasteiger partial charge in [-0.3, -0.25) is 15.2 Å². The Labute approximate surface area is 121 Å². The molecule has 116 valence electrons. The van der Waals surface area contributed by atoms with Crippen LogP contribution < -0.4 is 5.32 Å². The van der Waals surface area contributed by atoms with Crippen molar-refractivity contribution in [3.05, 3.63) is 41.5 Å². The number of carbonyl (C=O) groups is 1. The van der Waals surface area contributed by atoms with Gasteiger partial charge in [-0.15, -0.1) is 5.10 Å². The zero-order valence-electron chi connectivity index (χ0n) is 11.0. The summed E-state index contributed by atoms with van der Waals surface area (Å²) in [4.78, 5) is 15.1. The molecule has 0 saturated heterocycles. The number of aromatic amines is 1. The van der Waals surface area contributed by atoms with Gasteiger partial charge in [0.1, 0.15) is 5.82 Å². The molecule has 1 aliphatic rings. The molecule has 22 heavy (non-hydrogen) atoms. The van der Waals surface area contributed by atoms with E-state index in [1.54, 1.807) is 23.3 Å². The third-order valence-electron chi connectivity index (χ3n) is 3.42. The molecule has 1 heterocycles. The van der Waals surface area contributed by atoms with Gasteiger partial charge in [-0.2, -0.15) is 18.2 Å². The van der Waals surface area contributed by atoms with Gasteiger partial charge in [-0.25, -0.2) is 4.39 Å². The van der Waals surface area contributed by atoms with E-state index in [0.717, 1.165) is 0 Å². The summed E-state index contributed by atoms with van der Waals surface area (Å²) < 4.78 is 50.6. The van der Waals surface area contributed by atoms with E-state index >= 15 is 0 Å². The molecular formula is C13H10F4N4O. The van der Waals surface area contributed by atoms with Crippen LogP contribution in [0.2, 0.25) is 0 Å². The highest BCUT2D eigenvalue weighted by Gasteiger charge is 2.45. The van der Waals surface area contributed by atoms with Gasteiger partial charge in [0.25, 0.3) is 0 Å². The number of amides is 1. The van der Waals surface area contributed by atoms with Crippen LogP contribution in [0.5, 0.6) is 0 Å². The van der Waals surface area contributed by atoms with Crippen LogP contribution in [0.4, 0.5) is 23.5 Å². The maximum absolute atomic E-state index is 13.6. The number of hydrogen-bond donors (Lipinski definition) is 2. The first-order chi connectivity index (χ1) is 10.4. The molecule has 0 bridgehead atoms. The predicted octanol–water partition coefficient (Wildman–Crippen LogP) is 2.70. The van der Waals surface area contributed by atoms with Crippen molar-refractivity contribution in [1.29, 1.82) is 0 Å².